The zero-order valence-electron chi connectivity index (χ0n) is 9.64. The van der Waals surface area contributed by atoms with Crippen LogP contribution in [0, 0.1) is 18.3 Å². The van der Waals surface area contributed by atoms with E-state index in [4.69, 9.17) is 5.26 Å². The average Bonchev–Trinajstić information content (AvgIpc) is 2.23. The maximum absolute atomic E-state index is 11.8. The fraction of sp³-hybridized carbons (Fsp3) is 0.364. The van der Waals surface area contributed by atoms with Crippen molar-refractivity contribution >= 4 is 15.7 Å². The summed E-state index contributed by atoms with van der Waals surface area (Å²) >= 11 is 0. The first-order chi connectivity index (χ1) is 7.90. The summed E-state index contributed by atoms with van der Waals surface area (Å²) in [5, 5.41) is 17.2. The maximum atomic E-state index is 11.8. The first kappa shape index (κ1) is 13.3. The smallest absolute Gasteiger partial charge is 0.249 e. The third-order valence-electron chi connectivity index (χ3n) is 2.29. The van der Waals surface area contributed by atoms with E-state index in [0.717, 1.165) is 5.56 Å². The Morgan fingerprint density at radius 3 is 2.65 bits per heavy atom. The van der Waals surface area contributed by atoms with Crippen LogP contribution in [0.4, 0.5) is 5.69 Å². The number of nitrogens with zero attached hydrogens (tertiary/aromatic N) is 1. The van der Waals surface area contributed by atoms with Crippen LogP contribution in [0.15, 0.2) is 18.2 Å². The Labute approximate surface area is 101 Å². The van der Waals surface area contributed by atoms with Crippen LogP contribution < -0.4 is 4.72 Å². The summed E-state index contributed by atoms with van der Waals surface area (Å²) in [6, 6.07) is 6.30. The number of benzene rings is 1. The van der Waals surface area contributed by atoms with E-state index in [1.807, 2.05) is 0 Å². The lowest BCUT2D eigenvalue weighted by molar-refractivity contribution is 0.477. The van der Waals surface area contributed by atoms with E-state index >= 15 is 0 Å². The van der Waals surface area contributed by atoms with Gasteiger partial charge in [0.05, 0.1) is 11.8 Å². The van der Waals surface area contributed by atoms with Crippen LogP contribution in [0.5, 0.6) is 5.75 Å². The fourth-order valence-corrected chi connectivity index (χ4v) is 2.53. The van der Waals surface area contributed by atoms with Crippen molar-refractivity contribution in [1.29, 1.82) is 5.26 Å². The number of aromatic hydroxyl groups is 1. The highest BCUT2D eigenvalue weighted by atomic mass is 32.2. The summed E-state index contributed by atoms with van der Waals surface area (Å²) in [7, 11) is -3.78. The Kier molecular flexibility index (Phi) is 3.97. The highest BCUT2D eigenvalue weighted by Crippen LogP contribution is 2.25. The molecule has 1 rings (SSSR count). The van der Waals surface area contributed by atoms with Gasteiger partial charge in [0.15, 0.2) is 5.25 Å². The lowest BCUT2D eigenvalue weighted by Crippen LogP contribution is -2.25. The van der Waals surface area contributed by atoms with Crippen LogP contribution in [-0.2, 0) is 10.0 Å². The fourth-order valence-electron chi connectivity index (χ4n) is 1.33. The number of anilines is 1. The van der Waals surface area contributed by atoms with Gasteiger partial charge in [-0.2, -0.15) is 5.26 Å². The SMILES string of the molecule is CCC(C#N)S(=O)(=O)Nc1ccc(C)cc1O. The van der Waals surface area contributed by atoms with Crippen molar-refractivity contribution in [3.05, 3.63) is 23.8 Å². The number of phenolic OH excluding ortho intramolecular Hbond substituents is 1. The summed E-state index contributed by atoms with van der Waals surface area (Å²) in [5.74, 6) is -0.152. The van der Waals surface area contributed by atoms with Crippen LogP contribution in [0.2, 0.25) is 0 Å². The van der Waals surface area contributed by atoms with Gasteiger partial charge in [0, 0.05) is 0 Å². The van der Waals surface area contributed by atoms with Crippen LogP contribution in [-0.4, -0.2) is 18.8 Å². The van der Waals surface area contributed by atoms with Gasteiger partial charge < -0.3 is 5.11 Å². The third kappa shape index (κ3) is 3.11. The second kappa shape index (κ2) is 5.06. The summed E-state index contributed by atoms with van der Waals surface area (Å²) in [6.45, 7) is 3.39. The van der Waals surface area contributed by atoms with Gasteiger partial charge in [-0.25, -0.2) is 8.42 Å². The molecule has 92 valence electrons. The number of nitriles is 1. The largest absolute Gasteiger partial charge is 0.506 e. The molecule has 0 fully saturated rings. The lowest BCUT2D eigenvalue weighted by Gasteiger charge is -2.12. The zero-order valence-corrected chi connectivity index (χ0v) is 10.5. The van der Waals surface area contributed by atoms with Crippen molar-refractivity contribution in [3.8, 4) is 11.8 Å². The molecule has 1 atom stereocenters. The van der Waals surface area contributed by atoms with E-state index in [1.54, 1.807) is 26.0 Å². The quantitative estimate of drug-likeness (QED) is 0.801. The standard InChI is InChI=1S/C11H14N2O3S/c1-3-9(7-12)17(15,16)13-10-5-4-8(2)6-11(10)14/h4-6,9,13-14H,3H2,1-2H3. The van der Waals surface area contributed by atoms with E-state index in [2.05, 4.69) is 4.72 Å². The highest BCUT2D eigenvalue weighted by molar-refractivity contribution is 7.93. The molecule has 0 heterocycles. The number of hydrogen-bond donors (Lipinski definition) is 2. The third-order valence-corrected chi connectivity index (χ3v) is 3.99. The molecule has 0 amide bonds. The number of sulfonamides is 1. The van der Waals surface area contributed by atoms with Gasteiger partial charge >= 0.3 is 0 Å². The highest BCUT2D eigenvalue weighted by Gasteiger charge is 2.24. The van der Waals surface area contributed by atoms with E-state index in [9.17, 15) is 13.5 Å². The molecule has 0 spiro atoms. The molecular weight excluding hydrogens is 240 g/mol. The Balaban J connectivity index is 3.03. The molecule has 0 saturated carbocycles. The predicted molar refractivity (Wildman–Crippen MR) is 65.1 cm³/mol. The van der Waals surface area contributed by atoms with E-state index in [0.29, 0.717) is 0 Å². The molecule has 0 aliphatic heterocycles. The van der Waals surface area contributed by atoms with Crippen molar-refractivity contribution in [1.82, 2.24) is 0 Å². The van der Waals surface area contributed by atoms with Gasteiger partial charge in [0.1, 0.15) is 5.75 Å². The Morgan fingerprint density at radius 2 is 2.18 bits per heavy atom. The van der Waals surface area contributed by atoms with Crippen molar-refractivity contribution in [3.63, 3.8) is 0 Å². The van der Waals surface area contributed by atoms with Gasteiger partial charge in [0.25, 0.3) is 0 Å². The minimum atomic E-state index is -3.78. The molecular formula is C11H14N2O3S. The van der Waals surface area contributed by atoms with E-state index in [1.165, 1.54) is 12.1 Å². The molecule has 17 heavy (non-hydrogen) atoms. The van der Waals surface area contributed by atoms with Gasteiger partial charge in [-0.05, 0) is 31.0 Å². The summed E-state index contributed by atoms with van der Waals surface area (Å²) in [6.07, 6.45) is 0.193. The van der Waals surface area contributed by atoms with Crippen LogP contribution in [0.3, 0.4) is 0 Å². The number of nitrogens with one attached hydrogen (secondary N) is 1. The summed E-state index contributed by atoms with van der Waals surface area (Å²) in [5.41, 5.74) is 0.905. The summed E-state index contributed by atoms with van der Waals surface area (Å²) < 4.78 is 25.7. The van der Waals surface area contributed by atoms with Crippen molar-refractivity contribution in [2.24, 2.45) is 0 Å². The van der Waals surface area contributed by atoms with Gasteiger partial charge in [0.2, 0.25) is 10.0 Å². The number of rotatable bonds is 4. The number of aryl methyl sites for hydroxylation is 1. The number of hydrogen-bond acceptors (Lipinski definition) is 4. The Morgan fingerprint density at radius 1 is 1.53 bits per heavy atom. The molecule has 6 heteroatoms. The maximum Gasteiger partial charge on any atom is 0.249 e. The van der Waals surface area contributed by atoms with Gasteiger partial charge in [-0.15, -0.1) is 0 Å². The summed E-state index contributed by atoms with van der Waals surface area (Å²) in [4.78, 5) is 0. The molecule has 0 radical (unpaired) electrons. The first-order valence-corrected chi connectivity index (χ1v) is 6.66. The Hall–Kier alpha value is -1.74. The molecule has 0 aliphatic rings. The Bertz CT molecular complexity index is 546. The van der Waals surface area contributed by atoms with Crippen molar-refractivity contribution < 1.29 is 13.5 Å². The van der Waals surface area contributed by atoms with Crippen molar-refractivity contribution in [2.45, 2.75) is 25.5 Å². The molecule has 5 nitrogen and oxygen atoms in total. The molecule has 0 aromatic heterocycles. The predicted octanol–water partition coefficient (Wildman–Crippen LogP) is 1.74. The van der Waals surface area contributed by atoms with Crippen LogP contribution in [0.25, 0.3) is 0 Å². The molecule has 1 unspecified atom stereocenters. The van der Waals surface area contributed by atoms with Gasteiger partial charge in [-0.3, -0.25) is 4.72 Å². The minimum Gasteiger partial charge on any atom is -0.506 e. The molecule has 1 aromatic carbocycles. The second-order valence-electron chi connectivity index (χ2n) is 3.69. The second-order valence-corrected chi connectivity index (χ2v) is 5.56. The normalized spacial score (nSPS) is 12.8. The monoisotopic (exact) mass is 254 g/mol. The molecule has 0 saturated heterocycles. The zero-order chi connectivity index (χ0) is 13.1. The number of phenols is 1. The van der Waals surface area contributed by atoms with Crippen LogP contribution >= 0.6 is 0 Å². The first-order valence-electron chi connectivity index (χ1n) is 5.11. The average molecular weight is 254 g/mol. The molecule has 0 aliphatic carbocycles. The van der Waals surface area contributed by atoms with Gasteiger partial charge in [-0.1, -0.05) is 13.0 Å². The minimum absolute atomic E-state index is 0.0873. The molecule has 0 bridgehead atoms. The van der Waals surface area contributed by atoms with E-state index < -0.39 is 15.3 Å². The molecule has 2 N–H and O–H groups in total. The van der Waals surface area contributed by atoms with E-state index in [-0.39, 0.29) is 17.9 Å². The molecule has 1 aromatic rings. The topological polar surface area (TPSA) is 90.2 Å². The lowest BCUT2D eigenvalue weighted by atomic mass is 10.2. The van der Waals surface area contributed by atoms with Crippen molar-refractivity contribution in [2.75, 3.05) is 4.72 Å². The van der Waals surface area contributed by atoms with Crippen LogP contribution in [0.1, 0.15) is 18.9 Å².